The van der Waals surface area contributed by atoms with Crippen LogP contribution in [0.3, 0.4) is 0 Å². The molecule has 2 aromatic carbocycles. The molecule has 2 unspecified atom stereocenters. The summed E-state index contributed by atoms with van der Waals surface area (Å²) in [5.74, 6) is 0.911. The van der Waals surface area contributed by atoms with Crippen LogP contribution in [0.2, 0.25) is 0 Å². The molecule has 4 nitrogen and oxygen atoms in total. The maximum Gasteiger partial charge on any atom is 0.193 e. The summed E-state index contributed by atoms with van der Waals surface area (Å²) < 4.78 is 5.21. The Balaban J connectivity index is 1.75. The molecule has 1 aliphatic carbocycles. The van der Waals surface area contributed by atoms with E-state index in [0.717, 1.165) is 22.4 Å². The first kappa shape index (κ1) is 13.2. The van der Waals surface area contributed by atoms with Crippen LogP contribution < -0.4 is 4.74 Å². The van der Waals surface area contributed by atoms with Gasteiger partial charge in [-0.1, -0.05) is 36.4 Å². The van der Waals surface area contributed by atoms with Crippen LogP contribution in [-0.4, -0.2) is 25.0 Å². The van der Waals surface area contributed by atoms with E-state index in [1.807, 2.05) is 48.5 Å². The van der Waals surface area contributed by atoms with Gasteiger partial charge in [0.1, 0.15) is 5.75 Å². The Morgan fingerprint density at radius 3 is 2.64 bits per heavy atom. The number of Topliss-reactive ketones (excluding diaryl/α,β-unsaturated/α-hetero) is 1. The number of carbonyl (C=O) groups excluding carboxylic acids is 1. The molecule has 2 atom stereocenters. The van der Waals surface area contributed by atoms with Crippen LogP contribution in [0.5, 0.6) is 5.75 Å². The van der Waals surface area contributed by atoms with Gasteiger partial charge in [-0.25, -0.2) is 0 Å². The van der Waals surface area contributed by atoms with E-state index >= 15 is 0 Å². The van der Waals surface area contributed by atoms with Gasteiger partial charge in [0.15, 0.2) is 11.3 Å². The second kappa shape index (κ2) is 4.77. The van der Waals surface area contributed by atoms with Gasteiger partial charge in [0.25, 0.3) is 0 Å². The van der Waals surface area contributed by atoms with Crippen molar-refractivity contribution < 1.29 is 9.53 Å². The predicted octanol–water partition coefficient (Wildman–Crippen LogP) is 3.42. The van der Waals surface area contributed by atoms with Crippen LogP contribution in [0.1, 0.15) is 27.4 Å². The SMILES string of the molecule is COc1ccc(C2CN=NC23Cc2ccccc2C3=O)cc1. The Morgan fingerprint density at radius 2 is 1.91 bits per heavy atom. The van der Waals surface area contributed by atoms with Crippen LogP contribution in [0.25, 0.3) is 0 Å². The lowest BCUT2D eigenvalue weighted by atomic mass is 9.78. The highest BCUT2D eigenvalue weighted by Crippen LogP contribution is 2.46. The van der Waals surface area contributed by atoms with E-state index in [1.165, 1.54) is 0 Å². The molecule has 0 saturated carbocycles. The summed E-state index contributed by atoms with van der Waals surface area (Å²) in [6.45, 7) is 0.562. The van der Waals surface area contributed by atoms with Gasteiger partial charge >= 0.3 is 0 Å². The smallest absolute Gasteiger partial charge is 0.193 e. The van der Waals surface area contributed by atoms with Crippen LogP contribution in [0.4, 0.5) is 0 Å². The molecule has 4 rings (SSSR count). The third kappa shape index (κ3) is 1.73. The molecule has 0 amide bonds. The summed E-state index contributed by atoms with van der Waals surface area (Å²) in [7, 11) is 1.65. The molecule has 22 heavy (non-hydrogen) atoms. The maximum absolute atomic E-state index is 12.9. The number of methoxy groups -OCH3 is 1. The van der Waals surface area contributed by atoms with Crippen molar-refractivity contribution in [2.45, 2.75) is 17.9 Å². The second-order valence-corrected chi connectivity index (χ2v) is 5.84. The van der Waals surface area contributed by atoms with Gasteiger partial charge in [0.05, 0.1) is 13.7 Å². The number of azo groups is 1. The molecular formula is C18H16N2O2. The third-order valence-electron chi connectivity index (χ3n) is 4.72. The predicted molar refractivity (Wildman–Crippen MR) is 82.7 cm³/mol. The largest absolute Gasteiger partial charge is 0.497 e. The number of hydrogen-bond acceptors (Lipinski definition) is 4. The van der Waals surface area contributed by atoms with Gasteiger partial charge in [0, 0.05) is 17.9 Å². The zero-order chi connectivity index (χ0) is 15.2. The average Bonchev–Trinajstić information content (AvgIpc) is 3.11. The van der Waals surface area contributed by atoms with E-state index in [-0.39, 0.29) is 11.7 Å². The minimum absolute atomic E-state index is 0.00157. The Labute approximate surface area is 128 Å². The van der Waals surface area contributed by atoms with Gasteiger partial charge < -0.3 is 4.74 Å². The number of fused-ring (bicyclic) bond motifs is 1. The van der Waals surface area contributed by atoms with E-state index < -0.39 is 5.54 Å². The summed E-state index contributed by atoms with van der Waals surface area (Å²) in [6, 6.07) is 15.7. The Kier molecular flexibility index (Phi) is 2.86. The van der Waals surface area contributed by atoms with Gasteiger partial charge in [-0.15, -0.1) is 0 Å². The molecule has 1 aliphatic heterocycles. The number of rotatable bonds is 2. The molecule has 1 spiro atoms. The molecule has 0 fully saturated rings. The summed E-state index contributed by atoms with van der Waals surface area (Å²) in [4.78, 5) is 12.9. The van der Waals surface area contributed by atoms with Crippen molar-refractivity contribution in [2.75, 3.05) is 13.7 Å². The number of benzene rings is 2. The van der Waals surface area contributed by atoms with Gasteiger partial charge in [-0.3, -0.25) is 4.79 Å². The van der Waals surface area contributed by atoms with Crippen LogP contribution in [-0.2, 0) is 6.42 Å². The second-order valence-electron chi connectivity index (χ2n) is 5.84. The first-order valence-corrected chi connectivity index (χ1v) is 7.40. The van der Waals surface area contributed by atoms with Crippen molar-refractivity contribution in [3.05, 3.63) is 65.2 Å². The summed E-state index contributed by atoms with van der Waals surface area (Å²) >= 11 is 0. The minimum Gasteiger partial charge on any atom is -0.497 e. The molecule has 0 N–H and O–H groups in total. The molecule has 110 valence electrons. The first-order valence-electron chi connectivity index (χ1n) is 7.40. The molecule has 4 heteroatoms. The fourth-order valence-corrected chi connectivity index (χ4v) is 3.55. The molecule has 2 aliphatic rings. The number of carbonyl (C=O) groups is 1. The van der Waals surface area contributed by atoms with E-state index in [1.54, 1.807) is 7.11 Å². The number of hydrogen-bond donors (Lipinski definition) is 0. The molecule has 2 aromatic rings. The molecule has 0 aromatic heterocycles. The van der Waals surface area contributed by atoms with Crippen LogP contribution in [0, 0.1) is 0 Å². The Bertz CT molecular complexity index is 767. The van der Waals surface area contributed by atoms with E-state index in [4.69, 9.17) is 4.74 Å². The molecule has 0 radical (unpaired) electrons. The quantitative estimate of drug-likeness (QED) is 0.851. The first-order chi connectivity index (χ1) is 10.7. The molecule has 0 saturated heterocycles. The van der Waals surface area contributed by atoms with Crippen molar-refractivity contribution in [2.24, 2.45) is 10.2 Å². The van der Waals surface area contributed by atoms with E-state index in [2.05, 4.69) is 10.2 Å². The highest BCUT2D eigenvalue weighted by Gasteiger charge is 2.54. The van der Waals surface area contributed by atoms with E-state index in [0.29, 0.717) is 13.0 Å². The average molecular weight is 292 g/mol. The van der Waals surface area contributed by atoms with Crippen molar-refractivity contribution in [3.63, 3.8) is 0 Å². The van der Waals surface area contributed by atoms with Crippen LogP contribution >= 0.6 is 0 Å². The third-order valence-corrected chi connectivity index (χ3v) is 4.72. The zero-order valence-electron chi connectivity index (χ0n) is 12.3. The standard InChI is InChI=1S/C18H16N2O2/c1-22-14-8-6-12(7-9-14)16-11-19-20-18(16)10-13-4-2-3-5-15(13)17(18)21/h2-9,16H,10-11H2,1H3. The van der Waals surface area contributed by atoms with Gasteiger partial charge in [-0.05, 0) is 23.3 Å². The van der Waals surface area contributed by atoms with Crippen LogP contribution in [0.15, 0.2) is 58.8 Å². The highest BCUT2D eigenvalue weighted by atomic mass is 16.5. The number of ether oxygens (including phenoxy) is 1. The lowest BCUT2D eigenvalue weighted by molar-refractivity contribution is 0.0897. The van der Waals surface area contributed by atoms with Crippen molar-refractivity contribution in [3.8, 4) is 5.75 Å². The lowest BCUT2D eigenvalue weighted by Crippen LogP contribution is -2.38. The Morgan fingerprint density at radius 1 is 1.14 bits per heavy atom. The van der Waals surface area contributed by atoms with Crippen molar-refractivity contribution in [1.82, 2.24) is 0 Å². The fraction of sp³-hybridized carbons (Fsp3) is 0.278. The molecule has 1 heterocycles. The van der Waals surface area contributed by atoms with Crippen molar-refractivity contribution >= 4 is 5.78 Å². The Hall–Kier alpha value is -2.49. The maximum atomic E-state index is 12.9. The fourth-order valence-electron chi connectivity index (χ4n) is 3.55. The molecule has 0 bridgehead atoms. The number of nitrogens with zero attached hydrogens (tertiary/aromatic N) is 2. The van der Waals surface area contributed by atoms with Gasteiger partial charge in [0.2, 0.25) is 0 Å². The minimum atomic E-state index is -0.752. The monoisotopic (exact) mass is 292 g/mol. The van der Waals surface area contributed by atoms with Gasteiger partial charge in [-0.2, -0.15) is 10.2 Å². The lowest BCUT2D eigenvalue weighted by Gasteiger charge is -2.25. The summed E-state index contributed by atoms with van der Waals surface area (Å²) in [5, 5.41) is 8.63. The highest BCUT2D eigenvalue weighted by molar-refractivity contribution is 6.08. The zero-order valence-corrected chi connectivity index (χ0v) is 12.3. The normalized spacial score (nSPS) is 25.7. The summed E-state index contributed by atoms with van der Waals surface area (Å²) in [6.07, 6.45) is 0.641. The number of ketones is 1. The summed E-state index contributed by atoms with van der Waals surface area (Å²) in [5.41, 5.74) is 2.21. The van der Waals surface area contributed by atoms with E-state index in [9.17, 15) is 4.79 Å². The topological polar surface area (TPSA) is 51.0 Å². The van der Waals surface area contributed by atoms with Crippen molar-refractivity contribution in [1.29, 1.82) is 0 Å². The molecular weight excluding hydrogens is 276 g/mol.